The van der Waals surface area contributed by atoms with E-state index in [1.165, 1.54) is 27.3 Å². The maximum absolute atomic E-state index is 7.75. The molecule has 0 radical (unpaired) electrons. The average molecular weight is 1230 g/mol. The third-order valence-corrected chi connectivity index (χ3v) is 20.3. The van der Waals surface area contributed by atoms with Crippen molar-refractivity contribution in [1.82, 2.24) is 20.6 Å². The fourth-order valence-electron chi connectivity index (χ4n) is 7.46. The van der Waals surface area contributed by atoms with E-state index < -0.39 is 15.8 Å². The quantitative estimate of drug-likeness (QED) is 0.0452. The van der Waals surface area contributed by atoms with Crippen LogP contribution in [0.4, 0.5) is 0 Å². The standard InChI is InChI=1S/C18H15P.2C16H29N2P.2C2H6.CHO.CO.CH3.2ClH.2Ru/c1-4-10-16(11-5-1)19(17-12-6-2-7-13-17)18-14-8-3-9-15-18;2*1-15(2,3)19(16(4,5)6)12-14-10-8-9-13(18-14)11-17-7;4*1-2;;;;;/h1-15H;2*8-10,17H,11-12H2,1-7H3;2*1-2H3;1H;;1H3;2*1H;;/q;;;;;-1;;-1;;;+1;+4/p-1. The number of halogens is 2. The molecular weight excluding hydrogens is 1140 g/mol. The van der Waals surface area contributed by atoms with Crippen LogP contribution >= 0.6 is 43.1 Å². The molecule has 2 N–H and O–H groups in total. The first-order chi connectivity index (χ1) is 32.7. The molecule has 0 fully saturated rings. The minimum Gasteiger partial charge on any atom is -0.0622 e. The van der Waals surface area contributed by atoms with Crippen molar-refractivity contribution in [3.05, 3.63) is 164 Å². The number of pyridine rings is 2. The van der Waals surface area contributed by atoms with Gasteiger partial charge in [0.05, 0.1) is 33.6 Å². The molecule has 0 amide bonds. The second kappa shape index (κ2) is 44.9. The molecule has 2 heterocycles. The summed E-state index contributed by atoms with van der Waals surface area (Å²) >= 11 is 3.64. The van der Waals surface area contributed by atoms with Crippen molar-refractivity contribution in [3.63, 3.8) is 0 Å². The summed E-state index contributed by atoms with van der Waals surface area (Å²) in [5.74, 6) is 0. The van der Waals surface area contributed by atoms with Gasteiger partial charge < -0.3 is 22.9 Å². The molecule has 2 aromatic heterocycles. The van der Waals surface area contributed by atoms with E-state index in [9.17, 15) is 0 Å². The zero-order valence-corrected chi connectivity index (χ0v) is 53.9. The van der Waals surface area contributed by atoms with Gasteiger partial charge in [0.2, 0.25) is 0 Å². The molecule has 3 aromatic carbocycles. The molecule has 0 spiro atoms. The molecule has 0 aliphatic carbocycles. The second-order valence-corrected chi connectivity index (χ2v) is 29.1. The first kappa shape index (κ1) is 77.3. The summed E-state index contributed by atoms with van der Waals surface area (Å²) in [6.45, 7) is 45.9. The summed E-state index contributed by atoms with van der Waals surface area (Å²) in [6, 6.07) is 45.1. The monoisotopic (exact) mass is 1230 g/mol. The Labute approximate surface area is 462 Å². The van der Waals surface area contributed by atoms with Crippen LogP contribution in [0.15, 0.2) is 127 Å². The Morgan fingerprint density at radius 3 is 1.09 bits per heavy atom. The Morgan fingerprint density at radius 2 is 0.814 bits per heavy atom. The number of rotatable bonds is 11. The molecule has 5 aromatic rings. The first-order valence-electron chi connectivity index (χ1n) is 23.2. The number of nitrogens with one attached hydrogen (secondary N) is 2. The van der Waals surface area contributed by atoms with Crippen LogP contribution in [0.5, 0.6) is 0 Å². The van der Waals surface area contributed by atoms with Crippen molar-refractivity contribution in [2.45, 2.75) is 157 Å². The molecular formula is C57H90Cl2N4O2P3Ru2+2. The molecule has 0 bridgehead atoms. The number of hydrogen-bond donors (Lipinski definition) is 2. The predicted octanol–water partition coefficient (Wildman–Crippen LogP) is 15.5. The number of hydrogen-bond acceptors (Lipinski definition) is 5. The average Bonchev–Trinajstić information content (AvgIpc) is 3.34. The van der Waals surface area contributed by atoms with Gasteiger partial charge in [-0.1, -0.05) is 180 Å². The molecule has 13 heteroatoms. The van der Waals surface area contributed by atoms with Gasteiger partial charge in [0.15, 0.2) is 0 Å². The van der Waals surface area contributed by atoms with Crippen molar-refractivity contribution < 1.29 is 44.1 Å². The molecule has 0 saturated carbocycles. The van der Waals surface area contributed by atoms with Crippen LogP contribution in [-0.4, -0.2) is 51.5 Å². The van der Waals surface area contributed by atoms with E-state index in [1.54, 1.807) is 0 Å². The van der Waals surface area contributed by atoms with Crippen LogP contribution in [0, 0.1) is 14.1 Å². The Morgan fingerprint density at radius 1 is 0.543 bits per heavy atom. The summed E-state index contributed by atoms with van der Waals surface area (Å²) in [4.78, 5) is 17.3. The van der Waals surface area contributed by atoms with Crippen LogP contribution in [0.2, 0.25) is 0 Å². The third kappa shape index (κ3) is 33.3. The Hall–Kier alpha value is -1.59. The van der Waals surface area contributed by atoms with Gasteiger partial charge in [-0.3, -0.25) is 16.8 Å². The summed E-state index contributed by atoms with van der Waals surface area (Å²) < 4.78 is 7.50. The van der Waals surface area contributed by atoms with Gasteiger partial charge in [-0.25, -0.2) is 0 Å². The molecule has 5 rings (SSSR count). The minimum atomic E-state index is -0.542. The van der Waals surface area contributed by atoms with Gasteiger partial charge in [-0.05, 0) is 114 Å². The number of nitrogens with zero attached hydrogens (tertiary/aromatic N) is 2. The second-order valence-electron chi connectivity index (χ2n) is 18.7. The van der Waals surface area contributed by atoms with E-state index in [-0.39, 0.29) is 15.3 Å². The van der Waals surface area contributed by atoms with Gasteiger partial charge in [-0.15, -0.1) is 0 Å². The zero-order valence-electron chi connectivity index (χ0n) is 46.1. The normalized spacial score (nSPS) is 10.4. The van der Waals surface area contributed by atoms with E-state index in [0.29, 0.717) is 20.6 Å². The van der Waals surface area contributed by atoms with Gasteiger partial charge in [0.25, 0.3) is 0 Å². The van der Waals surface area contributed by atoms with Crippen LogP contribution in [0.3, 0.4) is 0 Å². The first-order valence-corrected chi connectivity index (χ1v) is 32.3. The Balaban J connectivity index is -0.000000270. The van der Waals surface area contributed by atoms with E-state index >= 15 is 0 Å². The van der Waals surface area contributed by atoms with Crippen molar-refractivity contribution in [3.8, 4) is 0 Å². The fourth-order valence-corrected chi connectivity index (χ4v) is 17.1. The molecule has 393 valence electrons. The van der Waals surface area contributed by atoms with E-state index in [2.05, 4.69) is 254 Å². The Bertz CT molecular complexity index is 1760. The largest absolute Gasteiger partial charge is 0.0622 e. The summed E-state index contributed by atoms with van der Waals surface area (Å²) in [5.41, 5.74) is 4.78. The molecule has 0 aliphatic heterocycles. The zero-order chi connectivity index (χ0) is 54.3. The van der Waals surface area contributed by atoms with Crippen molar-refractivity contribution in [2.24, 2.45) is 0 Å². The van der Waals surface area contributed by atoms with Crippen molar-refractivity contribution in [2.75, 3.05) is 14.1 Å². The van der Waals surface area contributed by atoms with Crippen LogP contribution in [0.25, 0.3) is 0 Å². The summed E-state index contributed by atoms with van der Waals surface area (Å²) in [7, 11) is 12.0. The summed E-state index contributed by atoms with van der Waals surface area (Å²) in [5, 5.41) is 12.0. The number of carbonyl (C=O) groups excluding carboxylic acids is 1. The molecule has 0 aliphatic rings. The van der Waals surface area contributed by atoms with Crippen LogP contribution < -0.4 is 26.5 Å². The number of benzene rings is 3. The summed E-state index contributed by atoms with van der Waals surface area (Å²) in [6.07, 6.45) is 2.26. The fraction of sp³-hybridized carbons (Fsp3) is 0.456. The van der Waals surface area contributed by atoms with Gasteiger partial charge in [-0.2, -0.15) is 0 Å². The van der Waals surface area contributed by atoms with Gasteiger partial charge in [0.1, 0.15) is 0 Å². The topological polar surface area (TPSA) is 86.8 Å². The van der Waals surface area contributed by atoms with Crippen molar-refractivity contribution >= 4 is 65.8 Å². The van der Waals surface area contributed by atoms with E-state index in [0.717, 1.165) is 36.8 Å². The number of aromatic nitrogens is 2. The van der Waals surface area contributed by atoms with Gasteiger partial charge in [0, 0.05) is 32.9 Å². The van der Waals surface area contributed by atoms with Crippen LogP contribution in [0.1, 0.15) is 134 Å². The van der Waals surface area contributed by atoms with Crippen molar-refractivity contribution in [1.29, 1.82) is 0 Å². The molecule has 70 heavy (non-hydrogen) atoms. The molecule has 0 atom stereocenters. The van der Waals surface area contributed by atoms with Gasteiger partial charge >= 0.3 is 65.3 Å². The van der Waals surface area contributed by atoms with E-state index in [1.807, 2.05) is 76.4 Å². The smallest absolute Gasteiger partial charge is 0.0134 e. The predicted molar refractivity (Wildman–Crippen MR) is 312 cm³/mol. The maximum atomic E-state index is 7.75. The SMILES string of the molecule is CC.CC.CNCc1cccc(CP(C(C)(C)C)C(C)(C)C)n1.CNCc1cccc(C[PH+](C(C)(C)C)C(C)(C)C)n1.[C-]#[O+].[CH-]=O.[CH3-].[Cl][Ru+3].[Cl][Ru].c1ccc(P(c2ccccc2)c2ccccc2)cc1. The van der Waals surface area contributed by atoms with E-state index in [4.69, 9.17) is 19.4 Å². The molecule has 0 saturated heterocycles. The molecule has 0 unspecified atom stereocenters. The maximum Gasteiger partial charge on any atom is -0.0134 e. The molecule has 6 nitrogen and oxygen atoms in total. The third-order valence-electron chi connectivity index (χ3n) is 9.60. The minimum absolute atomic E-state index is 0. The van der Waals surface area contributed by atoms with Crippen LogP contribution in [-0.2, 0) is 69.5 Å². The Kier molecular flexibility index (Phi) is 49.5.